The van der Waals surface area contributed by atoms with E-state index in [1.807, 2.05) is 13.0 Å². The number of hydrogen-bond acceptors (Lipinski definition) is 4. The zero-order valence-electron chi connectivity index (χ0n) is 13.8. The lowest BCUT2D eigenvalue weighted by Crippen LogP contribution is -2.08. The number of carbonyl (C=O) groups is 1. The third kappa shape index (κ3) is 4.24. The molecular weight excluding hydrogens is 392 g/mol. The van der Waals surface area contributed by atoms with Gasteiger partial charge in [0.2, 0.25) is 0 Å². The predicted molar refractivity (Wildman–Crippen MR) is 98.5 cm³/mol. The van der Waals surface area contributed by atoms with E-state index in [-0.39, 0.29) is 17.3 Å². The molecule has 128 valence electrons. The van der Waals surface area contributed by atoms with Crippen LogP contribution < -0.4 is 4.74 Å². The molecular formula is C18H19BrO4S. The number of halogens is 1. The van der Waals surface area contributed by atoms with Crippen LogP contribution in [0.25, 0.3) is 0 Å². The molecule has 2 aromatic rings. The minimum absolute atomic E-state index is 0.0328. The average Bonchev–Trinajstić information content (AvgIpc) is 2.54. The number of sulfone groups is 1. The minimum atomic E-state index is -3.11. The Balaban J connectivity index is 2.34. The molecule has 0 aliphatic heterocycles. The van der Waals surface area contributed by atoms with Crippen molar-refractivity contribution in [3.05, 3.63) is 63.1 Å². The van der Waals surface area contributed by atoms with Gasteiger partial charge < -0.3 is 4.74 Å². The zero-order valence-corrected chi connectivity index (χ0v) is 16.2. The summed E-state index contributed by atoms with van der Waals surface area (Å²) in [5.41, 5.74) is 2.61. The van der Waals surface area contributed by atoms with Crippen LogP contribution in [0.4, 0.5) is 0 Å². The number of aryl methyl sites for hydroxylation is 1. The number of carbonyl (C=O) groups excluding carboxylic acids is 1. The summed E-state index contributed by atoms with van der Waals surface area (Å²) in [4.78, 5) is 12.7. The van der Waals surface area contributed by atoms with Gasteiger partial charge in [0.25, 0.3) is 0 Å². The van der Waals surface area contributed by atoms with Crippen LogP contribution in [0, 0.1) is 6.92 Å². The van der Waals surface area contributed by atoms with E-state index in [0.717, 1.165) is 5.56 Å². The Labute approximate surface area is 150 Å². The lowest BCUT2D eigenvalue weighted by atomic mass is 10.0. The molecule has 0 N–H and O–H groups in total. The fourth-order valence-corrected chi connectivity index (χ4v) is 3.80. The molecule has 0 saturated carbocycles. The molecule has 0 unspecified atom stereocenters. The van der Waals surface area contributed by atoms with Crippen LogP contribution in [-0.4, -0.2) is 27.1 Å². The lowest BCUT2D eigenvalue weighted by Gasteiger charge is -2.09. The highest BCUT2D eigenvalue weighted by Crippen LogP contribution is 2.25. The van der Waals surface area contributed by atoms with Gasteiger partial charge in [-0.2, -0.15) is 0 Å². The molecule has 2 aromatic carbocycles. The topological polar surface area (TPSA) is 60.4 Å². The van der Waals surface area contributed by atoms with Crippen molar-refractivity contribution in [3.63, 3.8) is 0 Å². The molecule has 4 nitrogen and oxygen atoms in total. The molecule has 0 aliphatic rings. The van der Waals surface area contributed by atoms with E-state index in [4.69, 9.17) is 4.74 Å². The van der Waals surface area contributed by atoms with Crippen molar-refractivity contribution < 1.29 is 17.9 Å². The average molecular weight is 411 g/mol. The molecule has 6 heteroatoms. The first-order valence-electron chi connectivity index (χ1n) is 7.45. The number of ketones is 1. The molecule has 0 amide bonds. The monoisotopic (exact) mass is 410 g/mol. The molecule has 0 aliphatic carbocycles. The largest absolute Gasteiger partial charge is 0.496 e. The first-order chi connectivity index (χ1) is 11.3. The molecule has 0 bridgehead atoms. The number of rotatable bonds is 6. The second-order valence-electron chi connectivity index (χ2n) is 5.50. The smallest absolute Gasteiger partial charge is 0.194 e. The Morgan fingerprint density at radius 2 is 1.88 bits per heavy atom. The highest BCUT2D eigenvalue weighted by atomic mass is 79.9. The van der Waals surface area contributed by atoms with E-state index >= 15 is 0 Å². The van der Waals surface area contributed by atoms with Gasteiger partial charge in [-0.15, -0.1) is 0 Å². The van der Waals surface area contributed by atoms with Crippen LogP contribution in [0.2, 0.25) is 0 Å². The van der Waals surface area contributed by atoms with Gasteiger partial charge in [0, 0.05) is 21.4 Å². The minimum Gasteiger partial charge on any atom is -0.496 e. The number of benzene rings is 2. The highest BCUT2D eigenvalue weighted by molar-refractivity contribution is 9.10. The Hall–Kier alpha value is -1.66. The Morgan fingerprint density at radius 3 is 2.46 bits per heavy atom. The molecule has 0 saturated heterocycles. The van der Waals surface area contributed by atoms with Crippen LogP contribution in [0.5, 0.6) is 5.75 Å². The van der Waals surface area contributed by atoms with Crippen molar-refractivity contribution in [2.45, 2.75) is 19.6 Å². The van der Waals surface area contributed by atoms with E-state index in [2.05, 4.69) is 15.9 Å². The van der Waals surface area contributed by atoms with Crippen LogP contribution in [0.1, 0.15) is 34.0 Å². The molecule has 2 rings (SSSR count). The van der Waals surface area contributed by atoms with Crippen LogP contribution in [0.3, 0.4) is 0 Å². The summed E-state index contributed by atoms with van der Waals surface area (Å²) in [6.07, 6.45) is 0. The molecule has 24 heavy (non-hydrogen) atoms. The van der Waals surface area contributed by atoms with Crippen LogP contribution in [0.15, 0.2) is 40.9 Å². The number of methoxy groups -OCH3 is 1. The van der Waals surface area contributed by atoms with Crippen LogP contribution in [-0.2, 0) is 15.6 Å². The van der Waals surface area contributed by atoms with E-state index in [0.29, 0.717) is 26.9 Å². The van der Waals surface area contributed by atoms with Gasteiger partial charge in [-0.3, -0.25) is 4.79 Å². The third-order valence-electron chi connectivity index (χ3n) is 3.77. The Kier molecular flexibility index (Phi) is 5.83. The van der Waals surface area contributed by atoms with Gasteiger partial charge in [-0.1, -0.05) is 41.1 Å². The van der Waals surface area contributed by atoms with Crippen molar-refractivity contribution in [1.29, 1.82) is 0 Å². The van der Waals surface area contributed by atoms with Crippen molar-refractivity contribution in [2.75, 3.05) is 12.9 Å². The summed E-state index contributed by atoms with van der Waals surface area (Å²) in [6, 6.07) is 10.3. The third-order valence-corrected chi connectivity index (χ3v) is 6.08. The van der Waals surface area contributed by atoms with Crippen LogP contribution >= 0.6 is 15.9 Å². The van der Waals surface area contributed by atoms with Crippen molar-refractivity contribution in [2.24, 2.45) is 0 Å². The Bertz CT molecular complexity index is 873. The summed E-state index contributed by atoms with van der Waals surface area (Å²) < 4.78 is 29.3. The number of hydrogen-bond donors (Lipinski definition) is 0. The van der Waals surface area contributed by atoms with E-state index in [1.54, 1.807) is 44.4 Å². The Morgan fingerprint density at radius 1 is 1.17 bits per heavy atom. The molecule has 0 heterocycles. The van der Waals surface area contributed by atoms with Gasteiger partial charge in [0.05, 0.1) is 12.9 Å². The fraction of sp³-hybridized carbons (Fsp3) is 0.278. The van der Waals surface area contributed by atoms with Gasteiger partial charge in [-0.25, -0.2) is 8.42 Å². The lowest BCUT2D eigenvalue weighted by molar-refractivity contribution is 0.103. The van der Waals surface area contributed by atoms with Gasteiger partial charge >= 0.3 is 0 Å². The van der Waals surface area contributed by atoms with E-state index in [9.17, 15) is 13.2 Å². The fourth-order valence-electron chi connectivity index (χ4n) is 2.31. The van der Waals surface area contributed by atoms with Crippen molar-refractivity contribution in [3.8, 4) is 5.75 Å². The molecule has 0 atom stereocenters. The first-order valence-corrected chi connectivity index (χ1v) is 10.1. The van der Waals surface area contributed by atoms with E-state index < -0.39 is 9.84 Å². The molecule has 0 aromatic heterocycles. The van der Waals surface area contributed by atoms with E-state index in [1.165, 1.54) is 0 Å². The van der Waals surface area contributed by atoms with Gasteiger partial charge in [-0.05, 0) is 36.2 Å². The SMILES string of the molecule is CCS(=O)(=O)Cc1ccc(C(=O)c2ccc(C)c(OC)c2)c(Br)c1. The maximum Gasteiger partial charge on any atom is 0.194 e. The maximum atomic E-state index is 12.7. The number of ether oxygens (including phenoxy) is 1. The van der Waals surface area contributed by atoms with Gasteiger partial charge in [0.15, 0.2) is 15.6 Å². The summed E-state index contributed by atoms with van der Waals surface area (Å²) in [6.45, 7) is 3.53. The summed E-state index contributed by atoms with van der Waals surface area (Å²) in [5, 5.41) is 0. The van der Waals surface area contributed by atoms with Crippen molar-refractivity contribution >= 4 is 31.6 Å². The summed E-state index contributed by atoms with van der Waals surface area (Å²) in [7, 11) is -1.55. The summed E-state index contributed by atoms with van der Waals surface area (Å²) in [5.74, 6) is 0.566. The highest BCUT2D eigenvalue weighted by Gasteiger charge is 2.16. The first kappa shape index (κ1) is 18.7. The molecule has 0 fully saturated rings. The standard InChI is InChI=1S/C18H19BrO4S/c1-4-24(21,22)11-13-6-8-15(16(19)9-13)18(20)14-7-5-12(2)17(10-14)23-3/h5-10H,4,11H2,1-3H3. The summed E-state index contributed by atoms with van der Waals surface area (Å²) >= 11 is 3.38. The normalized spacial score (nSPS) is 11.3. The quantitative estimate of drug-likeness (QED) is 0.676. The predicted octanol–water partition coefficient (Wildman–Crippen LogP) is 3.93. The molecule has 0 spiro atoms. The van der Waals surface area contributed by atoms with Crippen molar-refractivity contribution in [1.82, 2.24) is 0 Å². The molecule has 0 radical (unpaired) electrons. The van der Waals surface area contributed by atoms with Gasteiger partial charge in [0.1, 0.15) is 5.75 Å². The second-order valence-corrected chi connectivity index (χ2v) is 8.71. The maximum absolute atomic E-state index is 12.7. The zero-order chi connectivity index (χ0) is 17.9. The second kappa shape index (κ2) is 7.49.